The van der Waals surface area contributed by atoms with Gasteiger partial charge in [0.2, 0.25) is 11.8 Å². The number of aliphatic carboxylic acids is 2. The maximum absolute atomic E-state index is 13.3. The molecule has 13 heteroatoms. The highest BCUT2D eigenvalue weighted by molar-refractivity contribution is 6.06. The molecule has 3 unspecified atom stereocenters. The molecule has 1 aromatic rings. The van der Waals surface area contributed by atoms with E-state index < -0.39 is 24.1 Å². The molecule has 0 radical (unpaired) electrons. The molecule has 5 aliphatic rings. The summed E-state index contributed by atoms with van der Waals surface area (Å²) in [7, 11) is 0. The molecule has 5 atom stereocenters. The summed E-state index contributed by atoms with van der Waals surface area (Å²) in [5.74, 6) is -1.86. The number of aromatic nitrogens is 1. The molecule has 1 aromatic heterocycles. The zero-order chi connectivity index (χ0) is 31.9. The van der Waals surface area contributed by atoms with E-state index in [-0.39, 0.29) is 48.1 Å². The predicted octanol–water partition coefficient (Wildman–Crippen LogP) is 2.15. The number of nitrogens with zero attached hydrogens (tertiary/aromatic N) is 4. The molecule has 242 valence electrons. The number of hydrogen-bond donors (Lipinski definition) is 3. The van der Waals surface area contributed by atoms with Gasteiger partial charge in [-0.2, -0.15) is 0 Å². The molecule has 3 N–H and O–H groups in total. The number of pyridine rings is 1. The van der Waals surface area contributed by atoms with Gasteiger partial charge in [-0.05, 0) is 43.2 Å². The standard InChI is InChI=1S/C28H37N5O4.C4H4O4/c34-26-24-19-9-10-20(16-19)25(24)27(35)33(26)18-22(37-28(36)30-21-6-2-1-3-7-21)17-31-12-14-32(15-13-31)23-8-4-5-11-29-23;5-3(6)1-2-4(7)8/h4-5,8-11,19-22,24-25H,1-3,6-7,12-18H2,(H,30,36);1-2H,(H,5,6)(H,7,8)/b;2-1-/t19-,20?,22?,24-,25?;/m0./s1. The number of hydrogen-bond acceptors (Lipinski definition) is 9. The third-order valence-electron chi connectivity index (χ3n) is 9.32. The first-order valence-corrected chi connectivity index (χ1v) is 15.7. The van der Waals surface area contributed by atoms with Crippen molar-refractivity contribution >= 4 is 35.7 Å². The molecule has 13 nitrogen and oxygen atoms in total. The first kappa shape index (κ1) is 32.1. The number of carbonyl (C=O) groups excluding carboxylic acids is 3. The molecule has 3 amide bonds. The molecule has 2 aliphatic heterocycles. The van der Waals surface area contributed by atoms with Crippen molar-refractivity contribution in [1.82, 2.24) is 20.1 Å². The highest BCUT2D eigenvalue weighted by atomic mass is 16.6. The minimum absolute atomic E-state index is 0.0897. The second kappa shape index (κ2) is 14.7. The van der Waals surface area contributed by atoms with Crippen molar-refractivity contribution in [3.63, 3.8) is 0 Å². The Morgan fingerprint density at radius 1 is 0.911 bits per heavy atom. The number of alkyl carbamates (subject to hydrolysis) is 1. The Kier molecular flexibility index (Phi) is 10.5. The zero-order valence-electron chi connectivity index (χ0n) is 25.2. The molecule has 2 bridgehead atoms. The van der Waals surface area contributed by atoms with Crippen LogP contribution in [0.3, 0.4) is 0 Å². The SMILES string of the molecule is O=C(NC1CCCCC1)OC(CN1CCN(c2ccccn2)CC1)CN1C(=O)C2C3C=C[C@@H](C3)[C@@H]2C1=O.O=C(O)/C=C\C(=O)O. The van der Waals surface area contributed by atoms with Gasteiger partial charge >= 0.3 is 18.0 Å². The van der Waals surface area contributed by atoms with Gasteiger partial charge in [0.15, 0.2) is 0 Å². The number of fused-ring (bicyclic) bond motifs is 5. The number of imide groups is 1. The van der Waals surface area contributed by atoms with Crippen molar-refractivity contribution in [1.29, 1.82) is 0 Å². The third kappa shape index (κ3) is 8.07. The van der Waals surface area contributed by atoms with E-state index in [0.717, 1.165) is 64.1 Å². The fraction of sp³-hybridized carbons (Fsp3) is 0.562. The molecule has 4 fully saturated rings. The van der Waals surface area contributed by atoms with E-state index in [1.165, 1.54) is 11.3 Å². The molecule has 0 spiro atoms. The van der Waals surface area contributed by atoms with Crippen molar-refractivity contribution in [3.05, 3.63) is 48.7 Å². The van der Waals surface area contributed by atoms with Gasteiger partial charge in [-0.15, -0.1) is 0 Å². The third-order valence-corrected chi connectivity index (χ3v) is 9.32. The summed E-state index contributed by atoms with van der Waals surface area (Å²) < 4.78 is 5.94. The lowest BCUT2D eigenvalue weighted by Gasteiger charge is -2.37. The Hall–Kier alpha value is -4.26. The Balaban J connectivity index is 0.000000444. The maximum atomic E-state index is 13.3. The molecule has 3 heterocycles. The molecule has 2 saturated heterocycles. The summed E-state index contributed by atoms with van der Waals surface area (Å²) in [5, 5.41) is 18.7. The average Bonchev–Trinajstić information content (AvgIpc) is 3.72. The summed E-state index contributed by atoms with van der Waals surface area (Å²) in [5.41, 5.74) is 0. The first-order chi connectivity index (χ1) is 21.7. The molecular weight excluding hydrogens is 582 g/mol. The number of ether oxygens (including phenoxy) is 1. The van der Waals surface area contributed by atoms with E-state index >= 15 is 0 Å². The minimum Gasteiger partial charge on any atom is -0.478 e. The Labute approximate surface area is 261 Å². The van der Waals surface area contributed by atoms with Crippen LogP contribution >= 0.6 is 0 Å². The smallest absolute Gasteiger partial charge is 0.407 e. The summed E-state index contributed by atoms with van der Waals surface area (Å²) in [6, 6.07) is 6.06. The summed E-state index contributed by atoms with van der Waals surface area (Å²) in [6.45, 7) is 3.84. The van der Waals surface area contributed by atoms with Crippen LogP contribution in [0.1, 0.15) is 38.5 Å². The second-order valence-corrected chi connectivity index (χ2v) is 12.3. The number of carboxylic acids is 2. The molecule has 2 saturated carbocycles. The van der Waals surface area contributed by atoms with Gasteiger partial charge in [0.25, 0.3) is 0 Å². The number of nitrogens with one attached hydrogen (secondary N) is 1. The van der Waals surface area contributed by atoms with Crippen LogP contribution in [0.2, 0.25) is 0 Å². The highest BCUT2D eigenvalue weighted by Crippen LogP contribution is 2.52. The van der Waals surface area contributed by atoms with Crippen LogP contribution in [0.4, 0.5) is 10.6 Å². The highest BCUT2D eigenvalue weighted by Gasteiger charge is 2.59. The monoisotopic (exact) mass is 623 g/mol. The van der Waals surface area contributed by atoms with Crippen LogP contribution < -0.4 is 10.2 Å². The number of carboxylic acid groups (broad SMARTS) is 2. The molecule has 6 rings (SSSR count). The molecule has 45 heavy (non-hydrogen) atoms. The van der Waals surface area contributed by atoms with Crippen LogP contribution in [-0.4, -0.2) is 106 Å². The van der Waals surface area contributed by atoms with Gasteiger partial charge in [0.05, 0.1) is 18.4 Å². The van der Waals surface area contributed by atoms with Crippen LogP contribution in [0.15, 0.2) is 48.7 Å². The summed E-state index contributed by atoms with van der Waals surface area (Å²) in [4.78, 5) is 69.0. The van der Waals surface area contributed by atoms with Crippen molar-refractivity contribution < 1.29 is 38.9 Å². The van der Waals surface area contributed by atoms with Crippen molar-refractivity contribution in [3.8, 4) is 0 Å². The van der Waals surface area contributed by atoms with Crippen LogP contribution in [0.25, 0.3) is 0 Å². The van der Waals surface area contributed by atoms with Gasteiger partial charge in [-0.3, -0.25) is 19.4 Å². The van der Waals surface area contributed by atoms with E-state index in [2.05, 4.69) is 32.3 Å². The fourth-order valence-corrected chi connectivity index (χ4v) is 7.21. The van der Waals surface area contributed by atoms with Gasteiger partial charge in [-0.1, -0.05) is 37.5 Å². The zero-order valence-corrected chi connectivity index (χ0v) is 25.2. The van der Waals surface area contributed by atoms with E-state index in [1.54, 1.807) is 6.20 Å². The summed E-state index contributed by atoms with van der Waals surface area (Å²) in [6.07, 6.45) is 12.4. The van der Waals surface area contributed by atoms with Gasteiger partial charge in [0, 0.05) is 57.1 Å². The minimum atomic E-state index is -1.26. The quantitative estimate of drug-likeness (QED) is 0.209. The normalized spacial score (nSPS) is 26.8. The second-order valence-electron chi connectivity index (χ2n) is 12.3. The maximum Gasteiger partial charge on any atom is 0.407 e. The number of likely N-dealkylation sites (tertiary alicyclic amines) is 1. The largest absolute Gasteiger partial charge is 0.478 e. The van der Waals surface area contributed by atoms with Gasteiger partial charge in [-0.25, -0.2) is 19.4 Å². The number of rotatable bonds is 9. The average molecular weight is 624 g/mol. The molecule has 0 aromatic carbocycles. The van der Waals surface area contributed by atoms with Crippen molar-refractivity contribution in [2.75, 3.05) is 44.2 Å². The fourth-order valence-electron chi connectivity index (χ4n) is 7.21. The number of piperazine rings is 1. The molecular formula is C32H41N5O8. The Morgan fingerprint density at radius 3 is 2.09 bits per heavy atom. The Bertz CT molecular complexity index is 1260. The Morgan fingerprint density at radius 2 is 1.53 bits per heavy atom. The van der Waals surface area contributed by atoms with E-state index in [0.29, 0.717) is 18.7 Å². The van der Waals surface area contributed by atoms with Gasteiger partial charge in [0.1, 0.15) is 11.9 Å². The van der Waals surface area contributed by atoms with E-state index in [1.807, 2.05) is 18.2 Å². The lowest BCUT2D eigenvalue weighted by atomic mass is 9.85. The molecule has 3 aliphatic carbocycles. The number of carbonyl (C=O) groups is 5. The van der Waals surface area contributed by atoms with Crippen LogP contribution in [0, 0.1) is 23.7 Å². The van der Waals surface area contributed by atoms with E-state index in [9.17, 15) is 24.0 Å². The number of amides is 3. The van der Waals surface area contributed by atoms with Crippen LogP contribution in [-0.2, 0) is 23.9 Å². The van der Waals surface area contributed by atoms with Crippen molar-refractivity contribution in [2.45, 2.75) is 50.7 Å². The van der Waals surface area contributed by atoms with E-state index in [4.69, 9.17) is 14.9 Å². The predicted molar refractivity (Wildman–Crippen MR) is 162 cm³/mol. The van der Waals surface area contributed by atoms with Gasteiger partial charge < -0.3 is 25.2 Å². The number of anilines is 1. The summed E-state index contributed by atoms with van der Waals surface area (Å²) >= 11 is 0. The lowest BCUT2D eigenvalue weighted by molar-refractivity contribution is -0.142. The first-order valence-electron chi connectivity index (χ1n) is 15.7. The van der Waals surface area contributed by atoms with Crippen molar-refractivity contribution in [2.24, 2.45) is 23.7 Å². The van der Waals surface area contributed by atoms with Crippen LogP contribution in [0.5, 0.6) is 0 Å². The topological polar surface area (TPSA) is 170 Å². The lowest BCUT2D eigenvalue weighted by Crippen LogP contribution is -2.52. The number of allylic oxidation sites excluding steroid dienone is 2.